The Labute approximate surface area is 199 Å². The van der Waals surface area contributed by atoms with Crippen LogP contribution in [-0.2, 0) is 6.54 Å². The van der Waals surface area contributed by atoms with Crippen molar-refractivity contribution in [3.63, 3.8) is 0 Å². The van der Waals surface area contributed by atoms with Crippen LogP contribution in [-0.4, -0.2) is 33.1 Å². The number of hydrogen-bond acceptors (Lipinski definition) is 8. The number of phenols is 1. The Bertz CT molecular complexity index is 1140. The molecule has 0 atom stereocenters. The molecule has 0 saturated carbocycles. The Morgan fingerprint density at radius 3 is 1.82 bits per heavy atom. The van der Waals surface area contributed by atoms with Crippen molar-refractivity contribution in [3.8, 4) is 5.75 Å². The van der Waals surface area contributed by atoms with Gasteiger partial charge in [0.1, 0.15) is 5.75 Å². The van der Waals surface area contributed by atoms with Gasteiger partial charge in [0.2, 0.25) is 17.8 Å². The number of aromatic nitrogens is 3. The molecule has 8 nitrogen and oxygen atoms in total. The van der Waals surface area contributed by atoms with Gasteiger partial charge in [-0.15, -0.1) is 0 Å². The van der Waals surface area contributed by atoms with E-state index in [9.17, 15) is 5.11 Å². The number of benzene rings is 3. The number of aromatic hydroxyl groups is 1. The van der Waals surface area contributed by atoms with E-state index in [0.717, 1.165) is 43.9 Å². The molecule has 3 aromatic carbocycles. The minimum absolute atomic E-state index is 0.202. The Kier molecular flexibility index (Phi) is 8.24. The molecule has 0 saturated heterocycles. The lowest BCUT2D eigenvalue weighted by molar-refractivity contribution is 0.475. The van der Waals surface area contributed by atoms with Crippen molar-refractivity contribution in [1.82, 2.24) is 20.3 Å². The molecule has 0 amide bonds. The second kappa shape index (κ2) is 12.2. The van der Waals surface area contributed by atoms with E-state index in [1.54, 1.807) is 24.3 Å². The van der Waals surface area contributed by atoms with E-state index >= 15 is 0 Å². The first kappa shape index (κ1) is 23.0. The topological polar surface area (TPSA) is 107 Å². The molecule has 1 heterocycles. The first-order chi connectivity index (χ1) is 16.7. The van der Waals surface area contributed by atoms with Gasteiger partial charge in [-0.2, -0.15) is 15.0 Å². The first-order valence-electron chi connectivity index (χ1n) is 11.4. The standard InChI is InChI=1S/C26H29N7O/c34-23-15-13-22(14-16-23)30-26-32-24(31-25(33-26)29-21-11-5-2-6-12-21)28-18-8-7-17-27-19-20-9-3-1-4-10-20/h1-6,9-16,27,34H,7-8,17-19H2,(H3,28,29,30,31,32,33). The second-order valence-corrected chi connectivity index (χ2v) is 7.77. The average molecular weight is 456 g/mol. The molecule has 0 radical (unpaired) electrons. The molecule has 8 heteroatoms. The average Bonchev–Trinajstić information content (AvgIpc) is 2.86. The van der Waals surface area contributed by atoms with Crippen LogP contribution in [0.15, 0.2) is 84.9 Å². The maximum atomic E-state index is 9.51. The fourth-order valence-electron chi connectivity index (χ4n) is 3.30. The summed E-state index contributed by atoms with van der Waals surface area (Å²) in [6, 6.07) is 26.9. The van der Waals surface area contributed by atoms with Gasteiger partial charge in [-0.1, -0.05) is 48.5 Å². The first-order valence-corrected chi connectivity index (χ1v) is 11.4. The molecule has 5 N–H and O–H groups in total. The smallest absolute Gasteiger partial charge is 0.233 e. The monoisotopic (exact) mass is 455 g/mol. The SMILES string of the molecule is Oc1ccc(Nc2nc(NCCCCNCc3ccccc3)nc(Nc3ccccc3)n2)cc1. The highest BCUT2D eigenvalue weighted by molar-refractivity contribution is 5.59. The number of unbranched alkanes of at least 4 members (excludes halogenated alkanes) is 1. The predicted molar refractivity (Wildman–Crippen MR) is 137 cm³/mol. The van der Waals surface area contributed by atoms with Gasteiger partial charge in [0.25, 0.3) is 0 Å². The van der Waals surface area contributed by atoms with Crippen LogP contribution in [0.5, 0.6) is 5.75 Å². The van der Waals surface area contributed by atoms with Crippen LogP contribution in [0, 0.1) is 0 Å². The van der Waals surface area contributed by atoms with Gasteiger partial charge in [-0.05, 0) is 61.3 Å². The minimum atomic E-state index is 0.202. The van der Waals surface area contributed by atoms with Crippen LogP contribution < -0.4 is 21.3 Å². The van der Waals surface area contributed by atoms with Crippen LogP contribution >= 0.6 is 0 Å². The Balaban J connectivity index is 1.32. The van der Waals surface area contributed by atoms with Gasteiger partial charge < -0.3 is 26.4 Å². The number of rotatable bonds is 12. The molecule has 174 valence electrons. The fraction of sp³-hybridized carbons (Fsp3) is 0.192. The van der Waals surface area contributed by atoms with Gasteiger partial charge in [-0.3, -0.25) is 0 Å². The molecule has 0 unspecified atom stereocenters. The number of hydrogen-bond donors (Lipinski definition) is 5. The molecule has 0 aliphatic carbocycles. The zero-order valence-corrected chi connectivity index (χ0v) is 18.9. The maximum absolute atomic E-state index is 9.51. The molecule has 1 aromatic heterocycles. The van der Waals surface area contributed by atoms with Gasteiger partial charge >= 0.3 is 0 Å². The Hall–Kier alpha value is -4.17. The van der Waals surface area contributed by atoms with Crippen molar-refractivity contribution in [1.29, 1.82) is 0 Å². The predicted octanol–water partition coefficient (Wildman–Crippen LogP) is 5.05. The van der Waals surface area contributed by atoms with E-state index in [-0.39, 0.29) is 5.75 Å². The number of anilines is 5. The van der Waals surface area contributed by atoms with E-state index in [0.29, 0.717) is 17.8 Å². The lowest BCUT2D eigenvalue weighted by Gasteiger charge is -2.12. The Morgan fingerprint density at radius 2 is 1.15 bits per heavy atom. The van der Waals surface area contributed by atoms with Crippen molar-refractivity contribution in [2.45, 2.75) is 19.4 Å². The molecule has 4 aromatic rings. The van der Waals surface area contributed by atoms with Crippen molar-refractivity contribution in [2.75, 3.05) is 29.0 Å². The summed E-state index contributed by atoms with van der Waals surface area (Å²) in [5.74, 6) is 1.54. The van der Waals surface area contributed by atoms with Gasteiger partial charge in [0, 0.05) is 24.5 Å². The lowest BCUT2D eigenvalue weighted by atomic mass is 10.2. The molecule has 0 aliphatic heterocycles. The molecule has 4 rings (SSSR count). The van der Waals surface area contributed by atoms with Crippen molar-refractivity contribution in [2.24, 2.45) is 0 Å². The summed E-state index contributed by atoms with van der Waals surface area (Å²) in [5, 5.41) is 22.7. The summed E-state index contributed by atoms with van der Waals surface area (Å²) >= 11 is 0. The normalized spacial score (nSPS) is 10.6. The summed E-state index contributed by atoms with van der Waals surface area (Å²) in [4.78, 5) is 13.5. The zero-order valence-electron chi connectivity index (χ0n) is 18.9. The molecule has 0 bridgehead atoms. The summed E-state index contributed by atoms with van der Waals surface area (Å²) in [6.45, 7) is 2.57. The summed E-state index contributed by atoms with van der Waals surface area (Å²) in [6.07, 6.45) is 2.02. The molecule has 0 fully saturated rings. The maximum Gasteiger partial charge on any atom is 0.233 e. The third-order valence-electron chi connectivity index (χ3n) is 5.02. The van der Waals surface area contributed by atoms with Crippen LogP contribution in [0.3, 0.4) is 0 Å². The number of nitrogens with one attached hydrogen (secondary N) is 4. The van der Waals surface area contributed by atoms with E-state index < -0.39 is 0 Å². The van der Waals surface area contributed by atoms with Gasteiger partial charge in [0.05, 0.1) is 0 Å². The zero-order chi connectivity index (χ0) is 23.4. The molecule has 0 spiro atoms. The third kappa shape index (κ3) is 7.46. The number of phenolic OH excluding ortho intramolecular Hbond substituents is 1. The number of para-hydroxylation sites is 1. The second-order valence-electron chi connectivity index (χ2n) is 7.77. The number of nitrogens with zero attached hydrogens (tertiary/aromatic N) is 3. The summed E-state index contributed by atoms with van der Waals surface area (Å²) in [5.41, 5.74) is 2.95. The van der Waals surface area contributed by atoms with Crippen LogP contribution in [0.25, 0.3) is 0 Å². The Morgan fingerprint density at radius 1 is 0.588 bits per heavy atom. The lowest BCUT2D eigenvalue weighted by Crippen LogP contribution is -2.16. The largest absolute Gasteiger partial charge is 0.508 e. The minimum Gasteiger partial charge on any atom is -0.508 e. The van der Waals surface area contributed by atoms with Crippen molar-refractivity contribution >= 4 is 29.2 Å². The van der Waals surface area contributed by atoms with Crippen LogP contribution in [0.1, 0.15) is 18.4 Å². The summed E-state index contributed by atoms with van der Waals surface area (Å²) in [7, 11) is 0. The third-order valence-corrected chi connectivity index (χ3v) is 5.02. The van der Waals surface area contributed by atoms with E-state index in [2.05, 4.69) is 60.5 Å². The van der Waals surface area contributed by atoms with Crippen molar-refractivity contribution in [3.05, 3.63) is 90.5 Å². The van der Waals surface area contributed by atoms with E-state index in [1.807, 2.05) is 36.4 Å². The highest BCUT2D eigenvalue weighted by Crippen LogP contribution is 2.20. The van der Waals surface area contributed by atoms with E-state index in [4.69, 9.17) is 0 Å². The molecule has 34 heavy (non-hydrogen) atoms. The van der Waals surface area contributed by atoms with Crippen LogP contribution in [0.4, 0.5) is 29.2 Å². The fourth-order valence-corrected chi connectivity index (χ4v) is 3.30. The highest BCUT2D eigenvalue weighted by Gasteiger charge is 2.08. The molecular formula is C26H29N7O. The van der Waals surface area contributed by atoms with Crippen molar-refractivity contribution < 1.29 is 5.11 Å². The quantitative estimate of drug-likeness (QED) is 0.149. The molecular weight excluding hydrogens is 426 g/mol. The van der Waals surface area contributed by atoms with Gasteiger partial charge in [-0.25, -0.2) is 0 Å². The van der Waals surface area contributed by atoms with E-state index in [1.165, 1.54) is 5.56 Å². The molecule has 0 aliphatic rings. The van der Waals surface area contributed by atoms with Crippen LogP contribution in [0.2, 0.25) is 0 Å². The highest BCUT2D eigenvalue weighted by atomic mass is 16.3. The summed E-state index contributed by atoms with van der Waals surface area (Å²) < 4.78 is 0. The van der Waals surface area contributed by atoms with Gasteiger partial charge in [0.15, 0.2) is 0 Å².